The van der Waals surface area contributed by atoms with Crippen LogP contribution in [-0.2, 0) is 6.54 Å². The Hall–Kier alpha value is -1.71. The molecule has 2 aromatic rings. The van der Waals surface area contributed by atoms with Crippen LogP contribution in [0.3, 0.4) is 0 Å². The third-order valence-electron chi connectivity index (χ3n) is 1.70. The van der Waals surface area contributed by atoms with Gasteiger partial charge in [0.2, 0.25) is 0 Å². The quantitative estimate of drug-likeness (QED) is 0.683. The van der Waals surface area contributed by atoms with E-state index in [9.17, 15) is 0 Å². The maximum Gasteiger partial charge on any atom is 0.0849 e. The summed E-state index contributed by atoms with van der Waals surface area (Å²) < 4.78 is 1.78. The van der Waals surface area contributed by atoms with Crippen molar-refractivity contribution < 1.29 is 0 Å². The van der Waals surface area contributed by atoms with Crippen LogP contribution in [-0.4, -0.2) is 20.0 Å². The van der Waals surface area contributed by atoms with E-state index in [1.165, 1.54) is 0 Å². The Morgan fingerprint density at radius 3 is 2.92 bits per heavy atom. The van der Waals surface area contributed by atoms with E-state index >= 15 is 0 Å². The van der Waals surface area contributed by atoms with Gasteiger partial charge in [-0.15, -0.1) is 5.10 Å². The highest BCUT2D eigenvalue weighted by molar-refractivity contribution is 5.04. The van der Waals surface area contributed by atoms with Crippen molar-refractivity contribution in [3.05, 3.63) is 42.0 Å². The van der Waals surface area contributed by atoms with E-state index in [1.807, 2.05) is 31.3 Å². The monoisotopic (exact) mass is 174 g/mol. The zero-order valence-corrected chi connectivity index (χ0v) is 7.38. The van der Waals surface area contributed by atoms with Gasteiger partial charge in [-0.25, -0.2) is 4.68 Å². The van der Waals surface area contributed by atoms with E-state index in [-0.39, 0.29) is 0 Å². The van der Waals surface area contributed by atoms with Gasteiger partial charge in [0.05, 0.1) is 17.9 Å². The molecule has 2 heterocycles. The lowest BCUT2D eigenvalue weighted by molar-refractivity contribution is 0.638. The Kier molecular flexibility index (Phi) is 2.04. The molecule has 2 aromatic heterocycles. The normalized spacial score (nSPS) is 10.2. The van der Waals surface area contributed by atoms with Crippen LogP contribution in [0.2, 0.25) is 0 Å². The third-order valence-corrected chi connectivity index (χ3v) is 1.70. The molecule has 4 heteroatoms. The fourth-order valence-corrected chi connectivity index (χ4v) is 1.13. The van der Waals surface area contributed by atoms with Crippen molar-refractivity contribution in [1.29, 1.82) is 0 Å². The Labute approximate surface area is 76.2 Å². The Bertz CT molecular complexity index is 380. The molecular formula is C9H10N4. The van der Waals surface area contributed by atoms with Gasteiger partial charge < -0.3 is 0 Å². The average molecular weight is 174 g/mol. The maximum atomic E-state index is 4.19. The van der Waals surface area contributed by atoms with E-state index in [2.05, 4.69) is 15.3 Å². The molecule has 0 atom stereocenters. The molecule has 0 aliphatic rings. The summed E-state index contributed by atoms with van der Waals surface area (Å²) in [5, 5.41) is 7.84. The molecule has 0 N–H and O–H groups in total. The standard InChI is InChI=1S/C9H10N4/c1-8-6-13(12-11-8)7-9-4-2-3-5-10-9/h2-6H,7H2,1H3. The molecule has 0 unspecified atom stereocenters. The summed E-state index contributed by atoms with van der Waals surface area (Å²) >= 11 is 0. The summed E-state index contributed by atoms with van der Waals surface area (Å²) in [6.07, 6.45) is 3.67. The van der Waals surface area contributed by atoms with Crippen LogP contribution < -0.4 is 0 Å². The minimum Gasteiger partial charge on any atom is -0.259 e. The second-order valence-electron chi connectivity index (χ2n) is 2.88. The first kappa shape index (κ1) is 7.91. The molecule has 0 spiro atoms. The first-order valence-corrected chi connectivity index (χ1v) is 4.11. The Balaban J connectivity index is 2.15. The second kappa shape index (κ2) is 3.35. The number of pyridine rings is 1. The van der Waals surface area contributed by atoms with Crippen LogP contribution in [0, 0.1) is 6.92 Å². The van der Waals surface area contributed by atoms with Crippen molar-refractivity contribution in [2.24, 2.45) is 0 Å². The van der Waals surface area contributed by atoms with E-state index in [0.29, 0.717) is 6.54 Å². The van der Waals surface area contributed by atoms with E-state index in [0.717, 1.165) is 11.4 Å². The molecule has 2 rings (SSSR count). The maximum absolute atomic E-state index is 4.19. The number of hydrogen-bond donors (Lipinski definition) is 0. The second-order valence-corrected chi connectivity index (χ2v) is 2.88. The summed E-state index contributed by atoms with van der Waals surface area (Å²) in [6.45, 7) is 2.60. The first-order valence-electron chi connectivity index (χ1n) is 4.11. The van der Waals surface area contributed by atoms with Crippen molar-refractivity contribution in [2.45, 2.75) is 13.5 Å². The van der Waals surface area contributed by atoms with Crippen LogP contribution in [0.4, 0.5) is 0 Å². The lowest BCUT2D eigenvalue weighted by Crippen LogP contribution is -2.01. The highest BCUT2D eigenvalue weighted by Gasteiger charge is 1.97. The van der Waals surface area contributed by atoms with E-state index < -0.39 is 0 Å². The van der Waals surface area contributed by atoms with Gasteiger partial charge in [-0.1, -0.05) is 11.3 Å². The van der Waals surface area contributed by atoms with Crippen LogP contribution in [0.5, 0.6) is 0 Å². The SMILES string of the molecule is Cc1cn(Cc2ccccn2)nn1. The van der Waals surface area contributed by atoms with Crippen molar-refractivity contribution in [2.75, 3.05) is 0 Å². The predicted octanol–water partition coefficient (Wildman–Crippen LogP) is 1.03. The zero-order valence-electron chi connectivity index (χ0n) is 7.38. The van der Waals surface area contributed by atoms with Gasteiger partial charge in [-0.3, -0.25) is 4.98 Å². The lowest BCUT2D eigenvalue weighted by atomic mass is 10.3. The molecular weight excluding hydrogens is 164 g/mol. The van der Waals surface area contributed by atoms with Gasteiger partial charge in [0.15, 0.2) is 0 Å². The number of aryl methyl sites for hydroxylation is 1. The summed E-state index contributed by atoms with van der Waals surface area (Å²) in [4.78, 5) is 4.19. The van der Waals surface area contributed by atoms with Crippen molar-refractivity contribution in [3.63, 3.8) is 0 Å². The molecule has 0 bridgehead atoms. The lowest BCUT2D eigenvalue weighted by Gasteiger charge is -1.97. The molecule has 0 saturated heterocycles. The van der Waals surface area contributed by atoms with Crippen LogP contribution >= 0.6 is 0 Å². The molecule has 0 fully saturated rings. The third kappa shape index (κ3) is 1.90. The summed E-state index contributed by atoms with van der Waals surface area (Å²) in [5.74, 6) is 0. The molecule has 4 nitrogen and oxygen atoms in total. The zero-order chi connectivity index (χ0) is 9.10. The highest BCUT2D eigenvalue weighted by atomic mass is 15.4. The predicted molar refractivity (Wildman–Crippen MR) is 48.1 cm³/mol. The summed E-state index contributed by atoms with van der Waals surface area (Å²) in [7, 11) is 0. The van der Waals surface area contributed by atoms with Gasteiger partial charge in [0.25, 0.3) is 0 Å². The first-order chi connectivity index (χ1) is 6.34. The summed E-state index contributed by atoms with van der Waals surface area (Å²) in [5.41, 5.74) is 1.92. The minimum atomic E-state index is 0.682. The van der Waals surface area contributed by atoms with E-state index in [4.69, 9.17) is 0 Å². The smallest absolute Gasteiger partial charge is 0.0849 e. The van der Waals surface area contributed by atoms with Gasteiger partial charge in [-0.05, 0) is 19.1 Å². The minimum absolute atomic E-state index is 0.682. The number of aromatic nitrogens is 4. The van der Waals surface area contributed by atoms with Gasteiger partial charge >= 0.3 is 0 Å². The molecule has 0 saturated carbocycles. The molecule has 0 aromatic carbocycles. The molecule has 66 valence electrons. The van der Waals surface area contributed by atoms with Gasteiger partial charge in [0.1, 0.15) is 0 Å². The number of rotatable bonds is 2. The summed E-state index contributed by atoms with van der Waals surface area (Å²) in [6, 6.07) is 5.83. The number of hydrogen-bond acceptors (Lipinski definition) is 3. The fraction of sp³-hybridized carbons (Fsp3) is 0.222. The van der Waals surface area contributed by atoms with Crippen LogP contribution in [0.1, 0.15) is 11.4 Å². The van der Waals surface area contributed by atoms with E-state index in [1.54, 1.807) is 10.9 Å². The van der Waals surface area contributed by atoms with Gasteiger partial charge in [0, 0.05) is 12.4 Å². The molecule has 13 heavy (non-hydrogen) atoms. The van der Waals surface area contributed by atoms with Gasteiger partial charge in [-0.2, -0.15) is 0 Å². The van der Waals surface area contributed by atoms with Crippen molar-refractivity contribution in [1.82, 2.24) is 20.0 Å². The molecule has 0 aliphatic heterocycles. The topological polar surface area (TPSA) is 43.6 Å². The molecule has 0 amide bonds. The fourth-order valence-electron chi connectivity index (χ4n) is 1.13. The largest absolute Gasteiger partial charge is 0.259 e. The molecule has 0 radical (unpaired) electrons. The van der Waals surface area contributed by atoms with Crippen molar-refractivity contribution >= 4 is 0 Å². The van der Waals surface area contributed by atoms with Crippen molar-refractivity contribution in [3.8, 4) is 0 Å². The molecule has 0 aliphatic carbocycles. The Morgan fingerprint density at radius 1 is 1.38 bits per heavy atom. The Morgan fingerprint density at radius 2 is 2.31 bits per heavy atom. The van der Waals surface area contributed by atoms with Crippen LogP contribution in [0.25, 0.3) is 0 Å². The average Bonchev–Trinajstić information content (AvgIpc) is 2.53. The highest BCUT2D eigenvalue weighted by Crippen LogP contribution is 1.97. The van der Waals surface area contributed by atoms with Crippen LogP contribution in [0.15, 0.2) is 30.6 Å². The number of nitrogens with zero attached hydrogens (tertiary/aromatic N) is 4.